The number of likely N-dealkylation sites (tertiary alicyclic amines) is 1. The largest absolute Gasteiger partial charge is 0.396 e. The van der Waals surface area contributed by atoms with Crippen LogP contribution in [-0.2, 0) is 6.54 Å². The summed E-state index contributed by atoms with van der Waals surface area (Å²) in [4.78, 5) is 2.36. The van der Waals surface area contributed by atoms with Gasteiger partial charge >= 0.3 is 0 Å². The lowest BCUT2D eigenvalue weighted by Gasteiger charge is -2.31. The molecule has 0 aromatic heterocycles. The summed E-state index contributed by atoms with van der Waals surface area (Å²) in [5, 5.41) is 18.0. The highest BCUT2D eigenvalue weighted by atomic mass is 16.3. The predicted molar refractivity (Wildman–Crippen MR) is 66.2 cm³/mol. The molecule has 1 unspecified atom stereocenters. The number of piperidine rings is 1. The van der Waals surface area contributed by atoms with Gasteiger partial charge in [0.25, 0.3) is 0 Å². The van der Waals surface area contributed by atoms with Crippen LogP contribution in [0.4, 0.5) is 0 Å². The molecule has 1 aromatic rings. The highest BCUT2D eigenvalue weighted by Gasteiger charge is 2.18. The van der Waals surface area contributed by atoms with E-state index in [1.54, 1.807) is 0 Å². The second-order valence-corrected chi connectivity index (χ2v) is 4.74. The van der Waals surface area contributed by atoms with Crippen LogP contribution in [0.1, 0.15) is 24.0 Å². The van der Waals surface area contributed by atoms with Gasteiger partial charge in [-0.15, -0.1) is 0 Å². The summed E-state index contributed by atoms with van der Waals surface area (Å²) in [6.45, 7) is 3.22. The van der Waals surface area contributed by atoms with Crippen molar-refractivity contribution in [3.05, 3.63) is 35.4 Å². The Labute approximate surface area is 102 Å². The molecule has 0 spiro atoms. The van der Waals surface area contributed by atoms with Crippen LogP contribution in [0.5, 0.6) is 0 Å². The van der Waals surface area contributed by atoms with Crippen LogP contribution in [0.25, 0.3) is 0 Å². The van der Waals surface area contributed by atoms with Crippen molar-refractivity contribution in [1.82, 2.24) is 4.90 Å². The number of aliphatic hydroxyl groups is 1. The normalized spacial score (nSPS) is 21.1. The number of aliphatic hydroxyl groups excluding tert-OH is 1. The lowest BCUT2D eigenvalue weighted by Crippen LogP contribution is -2.36. The summed E-state index contributed by atoms with van der Waals surface area (Å²) < 4.78 is 0. The predicted octanol–water partition coefficient (Wildman–Crippen LogP) is 1.76. The number of nitrogens with zero attached hydrogens (tertiary/aromatic N) is 2. The van der Waals surface area contributed by atoms with Gasteiger partial charge in [0.2, 0.25) is 0 Å². The Morgan fingerprint density at radius 3 is 3.12 bits per heavy atom. The Balaban J connectivity index is 1.98. The van der Waals surface area contributed by atoms with Crippen LogP contribution in [-0.4, -0.2) is 29.7 Å². The van der Waals surface area contributed by atoms with E-state index in [9.17, 15) is 5.11 Å². The minimum absolute atomic E-state index is 0.286. The molecule has 3 heteroatoms. The smallest absolute Gasteiger partial charge is 0.0991 e. The van der Waals surface area contributed by atoms with Crippen molar-refractivity contribution >= 4 is 0 Å². The average molecular weight is 230 g/mol. The third kappa shape index (κ3) is 3.29. The van der Waals surface area contributed by atoms with Gasteiger partial charge in [0, 0.05) is 19.7 Å². The zero-order valence-electron chi connectivity index (χ0n) is 9.97. The van der Waals surface area contributed by atoms with E-state index in [0.717, 1.165) is 38.0 Å². The van der Waals surface area contributed by atoms with Gasteiger partial charge in [0.05, 0.1) is 11.6 Å². The second-order valence-electron chi connectivity index (χ2n) is 4.74. The van der Waals surface area contributed by atoms with Crippen LogP contribution in [0.2, 0.25) is 0 Å². The molecule has 1 saturated heterocycles. The van der Waals surface area contributed by atoms with E-state index in [0.29, 0.717) is 5.92 Å². The minimum Gasteiger partial charge on any atom is -0.396 e. The van der Waals surface area contributed by atoms with Crippen molar-refractivity contribution in [2.45, 2.75) is 19.4 Å². The lowest BCUT2D eigenvalue weighted by atomic mass is 9.98. The molecule has 1 N–H and O–H groups in total. The van der Waals surface area contributed by atoms with E-state index in [2.05, 4.69) is 17.0 Å². The van der Waals surface area contributed by atoms with Gasteiger partial charge in [-0.3, -0.25) is 4.90 Å². The summed E-state index contributed by atoms with van der Waals surface area (Å²) in [5.41, 5.74) is 1.90. The molecule has 1 heterocycles. The fourth-order valence-corrected chi connectivity index (χ4v) is 2.44. The third-order valence-electron chi connectivity index (χ3n) is 3.32. The Hall–Kier alpha value is -1.37. The molecule has 0 aliphatic carbocycles. The molecular formula is C14H18N2O. The van der Waals surface area contributed by atoms with Gasteiger partial charge in [0.1, 0.15) is 0 Å². The molecule has 1 fully saturated rings. The molecule has 3 nitrogen and oxygen atoms in total. The molecule has 90 valence electrons. The van der Waals surface area contributed by atoms with Crippen molar-refractivity contribution in [3.8, 4) is 6.07 Å². The van der Waals surface area contributed by atoms with E-state index >= 15 is 0 Å². The second kappa shape index (κ2) is 5.81. The van der Waals surface area contributed by atoms with Gasteiger partial charge in [0.15, 0.2) is 0 Å². The fourth-order valence-electron chi connectivity index (χ4n) is 2.44. The standard InChI is InChI=1S/C14H18N2O/c15-8-12-3-1-4-13(7-12)9-16-6-2-5-14(10-16)11-17/h1,3-4,7,14,17H,2,5-6,9-11H2. The van der Waals surface area contributed by atoms with Crippen LogP contribution in [0, 0.1) is 17.2 Å². The Morgan fingerprint density at radius 1 is 1.47 bits per heavy atom. The highest BCUT2D eigenvalue weighted by molar-refractivity contribution is 5.32. The van der Waals surface area contributed by atoms with Gasteiger partial charge in [-0.2, -0.15) is 5.26 Å². The highest BCUT2D eigenvalue weighted by Crippen LogP contribution is 2.18. The number of nitriles is 1. The van der Waals surface area contributed by atoms with Crippen LogP contribution < -0.4 is 0 Å². The number of hydrogen-bond donors (Lipinski definition) is 1. The Bertz CT molecular complexity index is 411. The Kier molecular flexibility index (Phi) is 4.13. The maximum Gasteiger partial charge on any atom is 0.0991 e. The van der Waals surface area contributed by atoms with Gasteiger partial charge in [-0.1, -0.05) is 12.1 Å². The Morgan fingerprint density at radius 2 is 2.35 bits per heavy atom. The molecule has 1 aliphatic rings. The molecule has 2 rings (SSSR count). The molecule has 1 atom stereocenters. The van der Waals surface area contributed by atoms with Crippen molar-refractivity contribution in [3.63, 3.8) is 0 Å². The van der Waals surface area contributed by atoms with E-state index in [-0.39, 0.29) is 6.61 Å². The third-order valence-corrected chi connectivity index (χ3v) is 3.32. The van der Waals surface area contributed by atoms with E-state index < -0.39 is 0 Å². The van der Waals surface area contributed by atoms with Crippen LogP contribution in [0.3, 0.4) is 0 Å². The van der Waals surface area contributed by atoms with E-state index in [1.807, 2.05) is 18.2 Å². The molecule has 0 radical (unpaired) electrons. The zero-order valence-corrected chi connectivity index (χ0v) is 9.97. The zero-order chi connectivity index (χ0) is 12.1. The molecular weight excluding hydrogens is 212 g/mol. The van der Waals surface area contributed by atoms with Gasteiger partial charge in [-0.05, 0) is 43.0 Å². The number of hydrogen-bond acceptors (Lipinski definition) is 3. The van der Waals surface area contributed by atoms with Crippen molar-refractivity contribution in [1.29, 1.82) is 5.26 Å². The molecule has 1 aromatic carbocycles. The molecule has 17 heavy (non-hydrogen) atoms. The topological polar surface area (TPSA) is 47.3 Å². The first-order chi connectivity index (χ1) is 8.31. The van der Waals surface area contributed by atoms with Crippen molar-refractivity contribution in [2.75, 3.05) is 19.7 Å². The maximum absolute atomic E-state index is 9.19. The SMILES string of the molecule is N#Cc1cccc(CN2CCCC(CO)C2)c1. The summed E-state index contributed by atoms with van der Waals surface area (Å²) in [7, 11) is 0. The summed E-state index contributed by atoms with van der Waals surface area (Å²) in [5.74, 6) is 0.419. The average Bonchev–Trinajstić information content (AvgIpc) is 2.39. The molecule has 1 aliphatic heterocycles. The first-order valence-corrected chi connectivity index (χ1v) is 6.14. The van der Waals surface area contributed by atoms with Gasteiger partial charge < -0.3 is 5.11 Å². The summed E-state index contributed by atoms with van der Waals surface area (Å²) in [6, 6.07) is 9.93. The first-order valence-electron chi connectivity index (χ1n) is 6.14. The fraction of sp³-hybridized carbons (Fsp3) is 0.500. The maximum atomic E-state index is 9.19. The van der Waals surface area contributed by atoms with E-state index in [4.69, 9.17) is 5.26 Å². The quantitative estimate of drug-likeness (QED) is 0.860. The molecule has 0 saturated carbocycles. The van der Waals surface area contributed by atoms with Gasteiger partial charge in [-0.25, -0.2) is 0 Å². The van der Waals surface area contributed by atoms with Crippen LogP contribution >= 0.6 is 0 Å². The number of benzene rings is 1. The van der Waals surface area contributed by atoms with E-state index in [1.165, 1.54) is 5.56 Å². The molecule has 0 amide bonds. The number of rotatable bonds is 3. The first kappa shape index (κ1) is 12.1. The molecule has 0 bridgehead atoms. The van der Waals surface area contributed by atoms with Crippen molar-refractivity contribution in [2.24, 2.45) is 5.92 Å². The monoisotopic (exact) mass is 230 g/mol. The van der Waals surface area contributed by atoms with Crippen LogP contribution in [0.15, 0.2) is 24.3 Å². The van der Waals surface area contributed by atoms with Crippen molar-refractivity contribution < 1.29 is 5.11 Å². The minimum atomic E-state index is 0.286. The lowest BCUT2D eigenvalue weighted by molar-refractivity contribution is 0.116. The summed E-state index contributed by atoms with van der Waals surface area (Å²) >= 11 is 0. The summed E-state index contributed by atoms with van der Waals surface area (Å²) in [6.07, 6.45) is 2.29.